The van der Waals surface area contributed by atoms with Crippen LogP contribution in [-0.4, -0.2) is 10.9 Å². The molecule has 1 amide bonds. The molecular formula is C19H15F3N2O. The average Bonchev–Trinajstić information content (AvgIpc) is 2.53. The average molecular weight is 344 g/mol. The quantitative estimate of drug-likeness (QED) is 0.695. The second kappa shape index (κ2) is 6.20. The number of aromatic nitrogens is 1. The van der Waals surface area contributed by atoms with E-state index in [-0.39, 0.29) is 17.1 Å². The lowest BCUT2D eigenvalue weighted by atomic mass is 9.98. The van der Waals surface area contributed by atoms with Crippen molar-refractivity contribution in [2.75, 3.05) is 5.32 Å². The molecule has 0 aliphatic heterocycles. The second-order valence-electron chi connectivity index (χ2n) is 5.81. The van der Waals surface area contributed by atoms with Crippen LogP contribution in [0.4, 0.5) is 18.9 Å². The van der Waals surface area contributed by atoms with Crippen LogP contribution in [-0.2, 0) is 11.0 Å². The summed E-state index contributed by atoms with van der Waals surface area (Å²) < 4.78 is 40.0. The molecule has 0 aliphatic carbocycles. The molecule has 1 heterocycles. The number of carbonyl (C=O) groups is 1. The number of pyridine rings is 1. The monoisotopic (exact) mass is 344 g/mol. The number of fused-ring (bicyclic) bond motifs is 1. The maximum absolute atomic E-state index is 13.3. The van der Waals surface area contributed by atoms with Crippen LogP contribution in [0.3, 0.4) is 0 Å². The number of nitrogens with zero attached hydrogens (tertiary/aromatic N) is 1. The molecule has 6 heteroatoms. The van der Waals surface area contributed by atoms with Gasteiger partial charge in [-0.15, -0.1) is 0 Å². The standard InChI is InChI=1S/C19H15F3N2O/c1-11-8-15-14(13-6-4-3-5-7-13)10-17(19(20,21)22)24-18(15)16(9-11)23-12(2)25/h3-10H,1-2H3,(H,23,25). The molecule has 0 spiro atoms. The SMILES string of the molecule is CC(=O)Nc1cc(C)cc2c(-c3ccccc3)cc(C(F)(F)F)nc12. The fraction of sp³-hybridized carbons (Fsp3) is 0.158. The van der Waals surface area contributed by atoms with Crippen LogP contribution in [0.5, 0.6) is 0 Å². The number of hydrogen-bond donors (Lipinski definition) is 1. The lowest BCUT2D eigenvalue weighted by molar-refractivity contribution is -0.140. The van der Waals surface area contributed by atoms with Crippen molar-refractivity contribution in [1.82, 2.24) is 4.98 Å². The molecular weight excluding hydrogens is 329 g/mol. The third-order valence-electron chi connectivity index (χ3n) is 3.74. The third kappa shape index (κ3) is 3.47. The fourth-order valence-corrected chi connectivity index (χ4v) is 2.76. The van der Waals surface area contributed by atoms with Crippen molar-refractivity contribution in [2.24, 2.45) is 0 Å². The van der Waals surface area contributed by atoms with Gasteiger partial charge in [-0.2, -0.15) is 13.2 Å². The number of aryl methyl sites for hydroxylation is 1. The Morgan fingerprint density at radius 2 is 1.76 bits per heavy atom. The summed E-state index contributed by atoms with van der Waals surface area (Å²) in [6.07, 6.45) is -4.59. The molecule has 1 N–H and O–H groups in total. The van der Waals surface area contributed by atoms with Gasteiger partial charge in [-0.1, -0.05) is 30.3 Å². The summed E-state index contributed by atoms with van der Waals surface area (Å²) in [5.74, 6) is -0.368. The van der Waals surface area contributed by atoms with Crippen molar-refractivity contribution in [1.29, 1.82) is 0 Å². The van der Waals surface area contributed by atoms with Crippen LogP contribution in [0.2, 0.25) is 0 Å². The topological polar surface area (TPSA) is 42.0 Å². The number of carbonyl (C=O) groups excluding carboxylic acids is 1. The minimum atomic E-state index is -4.59. The molecule has 0 aliphatic rings. The number of hydrogen-bond acceptors (Lipinski definition) is 2. The van der Waals surface area contributed by atoms with Gasteiger partial charge < -0.3 is 5.32 Å². The maximum Gasteiger partial charge on any atom is 0.433 e. The highest BCUT2D eigenvalue weighted by Gasteiger charge is 2.34. The van der Waals surface area contributed by atoms with Crippen LogP contribution in [0, 0.1) is 6.92 Å². The minimum absolute atomic E-state index is 0.120. The van der Waals surface area contributed by atoms with Crippen molar-refractivity contribution in [3.8, 4) is 11.1 Å². The number of rotatable bonds is 2. The van der Waals surface area contributed by atoms with Crippen molar-refractivity contribution < 1.29 is 18.0 Å². The lowest BCUT2D eigenvalue weighted by Gasteiger charge is -2.15. The van der Waals surface area contributed by atoms with Crippen LogP contribution < -0.4 is 5.32 Å². The van der Waals surface area contributed by atoms with Crippen molar-refractivity contribution in [2.45, 2.75) is 20.0 Å². The molecule has 0 saturated carbocycles. The molecule has 0 unspecified atom stereocenters. The summed E-state index contributed by atoms with van der Waals surface area (Å²) in [5.41, 5.74) is 1.29. The lowest BCUT2D eigenvalue weighted by Crippen LogP contribution is -2.11. The molecule has 0 fully saturated rings. The Bertz CT molecular complexity index is 950. The predicted molar refractivity (Wildman–Crippen MR) is 91.2 cm³/mol. The van der Waals surface area contributed by atoms with Crippen molar-refractivity contribution >= 4 is 22.5 Å². The number of anilines is 1. The molecule has 1 aromatic heterocycles. The van der Waals surface area contributed by atoms with E-state index in [2.05, 4.69) is 10.3 Å². The van der Waals surface area contributed by atoms with Gasteiger partial charge >= 0.3 is 6.18 Å². The summed E-state index contributed by atoms with van der Waals surface area (Å²) in [7, 11) is 0. The molecule has 0 radical (unpaired) electrons. The summed E-state index contributed by atoms with van der Waals surface area (Å²) in [5, 5.41) is 3.14. The number of nitrogens with one attached hydrogen (secondary N) is 1. The zero-order valence-corrected chi connectivity index (χ0v) is 13.6. The number of alkyl halides is 3. The van der Waals surface area contributed by atoms with Gasteiger partial charge in [0.25, 0.3) is 0 Å². The van der Waals surface area contributed by atoms with Gasteiger partial charge in [-0.05, 0) is 41.8 Å². The van der Waals surface area contributed by atoms with Gasteiger partial charge in [0, 0.05) is 12.3 Å². The minimum Gasteiger partial charge on any atom is -0.324 e. The van der Waals surface area contributed by atoms with Crippen molar-refractivity contribution in [3.05, 3.63) is 59.8 Å². The normalized spacial score (nSPS) is 11.6. The van der Waals surface area contributed by atoms with E-state index in [0.29, 0.717) is 16.5 Å². The smallest absolute Gasteiger partial charge is 0.324 e. The Balaban J connectivity index is 2.40. The molecule has 3 nitrogen and oxygen atoms in total. The zero-order chi connectivity index (χ0) is 18.2. The summed E-state index contributed by atoms with van der Waals surface area (Å²) >= 11 is 0. The summed E-state index contributed by atoms with van der Waals surface area (Å²) in [6.45, 7) is 3.12. The van der Waals surface area contributed by atoms with Gasteiger partial charge in [0.1, 0.15) is 5.69 Å². The first-order valence-corrected chi connectivity index (χ1v) is 7.61. The Morgan fingerprint density at radius 3 is 2.36 bits per heavy atom. The van der Waals surface area contributed by atoms with Crippen LogP contribution in [0.25, 0.3) is 22.0 Å². The molecule has 0 bridgehead atoms. The summed E-state index contributed by atoms with van der Waals surface area (Å²) in [6, 6.07) is 13.3. The molecule has 2 aromatic carbocycles. The van der Waals surface area contributed by atoms with E-state index in [4.69, 9.17) is 0 Å². The Kier molecular flexibility index (Phi) is 4.20. The molecule has 25 heavy (non-hydrogen) atoms. The van der Waals surface area contributed by atoms with Gasteiger partial charge in [0.2, 0.25) is 5.91 Å². The van der Waals surface area contributed by atoms with E-state index in [1.54, 1.807) is 42.5 Å². The first-order valence-electron chi connectivity index (χ1n) is 7.61. The summed E-state index contributed by atoms with van der Waals surface area (Å²) in [4.78, 5) is 15.2. The second-order valence-corrected chi connectivity index (χ2v) is 5.81. The third-order valence-corrected chi connectivity index (χ3v) is 3.74. The Morgan fingerprint density at radius 1 is 1.08 bits per heavy atom. The molecule has 0 saturated heterocycles. The molecule has 128 valence electrons. The first kappa shape index (κ1) is 17.0. The largest absolute Gasteiger partial charge is 0.433 e. The maximum atomic E-state index is 13.3. The molecule has 0 atom stereocenters. The van der Waals surface area contributed by atoms with Gasteiger partial charge in [0.05, 0.1) is 11.2 Å². The van der Waals surface area contributed by atoms with Gasteiger partial charge in [-0.3, -0.25) is 4.79 Å². The highest BCUT2D eigenvalue weighted by Crippen LogP contribution is 2.37. The number of amides is 1. The van der Waals surface area contributed by atoms with Crippen LogP contribution in [0.1, 0.15) is 18.2 Å². The molecule has 3 aromatic rings. The number of halogens is 3. The van der Waals surface area contributed by atoms with E-state index < -0.39 is 11.9 Å². The zero-order valence-electron chi connectivity index (χ0n) is 13.6. The predicted octanol–water partition coefficient (Wildman–Crippen LogP) is 5.19. The highest BCUT2D eigenvalue weighted by atomic mass is 19.4. The van der Waals surface area contributed by atoms with E-state index in [9.17, 15) is 18.0 Å². The van der Waals surface area contributed by atoms with E-state index >= 15 is 0 Å². The fourth-order valence-electron chi connectivity index (χ4n) is 2.76. The first-order chi connectivity index (χ1) is 11.8. The van der Waals surface area contributed by atoms with Crippen molar-refractivity contribution in [3.63, 3.8) is 0 Å². The van der Waals surface area contributed by atoms with Gasteiger partial charge in [0.15, 0.2) is 0 Å². The Labute approximate surface area is 142 Å². The van der Waals surface area contributed by atoms with E-state index in [0.717, 1.165) is 11.6 Å². The van der Waals surface area contributed by atoms with Crippen LogP contribution in [0.15, 0.2) is 48.5 Å². The molecule has 3 rings (SSSR count). The number of benzene rings is 2. The Hall–Kier alpha value is -2.89. The van der Waals surface area contributed by atoms with Crippen LogP contribution >= 0.6 is 0 Å². The van der Waals surface area contributed by atoms with Gasteiger partial charge in [-0.25, -0.2) is 4.98 Å². The highest BCUT2D eigenvalue weighted by molar-refractivity contribution is 6.05. The van der Waals surface area contributed by atoms with E-state index in [1.165, 1.54) is 6.92 Å². The van der Waals surface area contributed by atoms with E-state index in [1.807, 2.05) is 6.92 Å².